The summed E-state index contributed by atoms with van der Waals surface area (Å²) < 4.78 is 2.12. The maximum absolute atomic E-state index is 12.8. The summed E-state index contributed by atoms with van der Waals surface area (Å²) in [4.78, 5) is 20.5. The van der Waals surface area contributed by atoms with Crippen molar-refractivity contribution in [2.75, 3.05) is 5.32 Å². The van der Waals surface area contributed by atoms with Crippen molar-refractivity contribution in [2.45, 2.75) is 27.3 Å². The second kappa shape index (κ2) is 6.76. The molecule has 0 aliphatic carbocycles. The Hall–Kier alpha value is -3.34. The maximum Gasteiger partial charge on any atom is 0.257 e. The van der Waals surface area contributed by atoms with Gasteiger partial charge in [0, 0.05) is 39.9 Å². The minimum atomic E-state index is -0.0954. The highest BCUT2D eigenvalue weighted by Crippen LogP contribution is 2.22. The van der Waals surface area contributed by atoms with Gasteiger partial charge in [0.2, 0.25) is 0 Å². The van der Waals surface area contributed by atoms with Crippen LogP contribution in [0.2, 0.25) is 0 Å². The van der Waals surface area contributed by atoms with Gasteiger partial charge in [-0.15, -0.1) is 0 Å². The van der Waals surface area contributed by atoms with Crippen LogP contribution in [0.1, 0.15) is 33.1 Å². The molecule has 0 spiro atoms. The van der Waals surface area contributed by atoms with Gasteiger partial charge in [0.25, 0.3) is 5.91 Å². The Morgan fingerprint density at radius 3 is 2.74 bits per heavy atom. The van der Waals surface area contributed by atoms with Gasteiger partial charge < -0.3 is 14.9 Å². The Labute approximate surface area is 158 Å². The molecule has 136 valence electrons. The van der Waals surface area contributed by atoms with Crippen LogP contribution in [0.3, 0.4) is 0 Å². The molecule has 3 heterocycles. The number of pyridine rings is 1. The lowest BCUT2D eigenvalue weighted by Crippen LogP contribution is -2.13. The van der Waals surface area contributed by atoms with Gasteiger partial charge in [0.15, 0.2) is 0 Å². The molecule has 0 radical (unpaired) electrons. The van der Waals surface area contributed by atoms with Gasteiger partial charge in [-0.2, -0.15) is 0 Å². The van der Waals surface area contributed by atoms with E-state index in [2.05, 4.69) is 25.9 Å². The molecule has 0 fully saturated rings. The number of rotatable bonds is 4. The van der Waals surface area contributed by atoms with E-state index in [1.165, 1.54) is 0 Å². The minimum absolute atomic E-state index is 0.0954. The average Bonchev–Trinajstić information content (AvgIpc) is 3.15. The molecule has 2 N–H and O–H groups in total. The number of nitrogens with one attached hydrogen (secondary N) is 2. The van der Waals surface area contributed by atoms with Crippen molar-refractivity contribution in [3.63, 3.8) is 0 Å². The third kappa shape index (κ3) is 3.36. The summed E-state index contributed by atoms with van der Waals surface area (Å²) in [6, 6.07) is 15.8. The number of H-pyrrole nitrogens is 1. The van der Waals surface area contributed by atoms with Gasteiger partial charge in [-0.25, -0.2) is 0 Å². The van der Waals surface area contributed by atoms with E-state index in [1.54, 1.807) is 6.20 Å². The summed E-state index contributed by atoms with van der Waals surface area (Å²) in [6.07, 6.45) is 1.79. The van der Waals surface area contributed by atoms with Gasteiger partial charge in [0.05, 0.1) is 17.8 Å². The molecule has 0 bridgehead atoms. The van der Waals surface area contributed by atoms with Gasteiger partial charge >= 0.3 is 0 Å². The van der Waals surface area contributed by atoms with Crippen LogP contribution in [-0.2, 0) is 6.54 Å². The zero-order valence-electron chi connectivity index (χ0n) is 15.7. The molecule has 0 aliphatic rings. The number of benzene rings is 1. The van der Waals surface area contributed by atoms with Crippen molar-refractivity contribution < 1.29 is 4.79 Å². The molecule has 3 aromatic heterocycles. The third-order valence-electron chi connectivity index (χ3n) is 4.88. The van der Waals surface area contributed by atoms with Crippen molar-refractivity contribution in [1.82, 2.24) is 14.5 Å². The molecule has 4 rings (SSSR count). The zero-order chi connectivity index (χ0) is 19.0. The molecule has 4 aromatic rings. The summed E-state index contributed by atoms with van der Waals surface area (Å²) in [5.74, 6) is -0.0954. The summed E-state index contributed by atoms with van der Waals surface area (Å²) >= 11 is 0. The van der Waals surface area contributed by atoms with E-state index in [0.717, 1.165) is 39.4 Å². The maximum atomic E-state index is 12.8. The number of fused-ring (bicyclic) bond motifs is 1. The molecule has 1 aromatic carbocycles. The summed E-state index contributed by atoms with van der Waals surface area (Å²) in [6.45, 7) is 6.67. The number of aryl methyl sites for hydroxylation is 2. The second-order valence-electron chi connectivity index (χ2n) is 6.90. The highest BCUT2D eigenvalue weighted by Gasteiger charge is 2.16. The second-order valence-corrected chi connectivity index (χ2v) is 6.90. The number of amides is 1. The Balaban J connectivity index is 1.58. The topological polar surface area (TPSA) is 62.7 Å². The number of hydrogen-bond donors (Lipinski definition) is 2. The van der Waals surface area contributed by atoms with Gasteiger partial charge in [-0.05, 0) is 63.2 Å². The zero-order valence-corrected chi connectivity index (χ0v) is 15.7. The number of nitrogens with zero attached hydrogens (tertiary/aromatic N) is 2. The van der Waals surface area contributed by atoms with E-state index in [4.69, 9.17) is 0 Å². The molecule has 0 unspecified atom stereocenters. The molecule has 0 aliphatic heterocycles. The van der Waals surface area contributed by atoms with E-state index in [9.17, 15) is 4.79 Å². The Bertz CT molecular complexity index is 1120. The van der Waals surface area contributed by atoms with Crippen LogP contribution in [0.4, 0.5) is 5.69 Å². The molecular weight excluding hydrogens is 336 g/mol. The summed E-state index contributed by atoms with van der Waals surface area (Å²) in [5.41, 5.74) is 6.61. The normalized spacial score (nSPS) is 11.1. The highest BCUT2D eigenvalue weighted by molar-refractivity contribution is 6.06. The standard InChI is InChI=1S/C22H22N4O/c1-14-10-17-12-18(7-8-21(17)24-14)25-22(27)20-11-15(2)26(16(20)3)13-19-6-4-5-9-23-19/h4-12,24H,13H2,1-3H3,(H,25,27). The number of carbonyl (C=O) groups is 1. The average molecular weight is 358 g/mol. The largest absolute Gasteiger partial charge is 0.359 e. The van der Waals surface area contributed by atoms with Crippen molar-refractivity contribution in [3.05, 3.63) is 83.1 Å². The van der Waals surface area contributed by atoms with Crippen LogP contribution < -0.4 is 5.32 Å². The van der Waals surface area contributed by atoms with Crippen LogP contribution in [0, 0.1) is 20.8 Å². The van der Waals surface area contributed by atoms with Crippen molar-refractivity contribution >= 4 is 22.5 Å². The lowest BCUT2D eigenvalue weighted by atomic mass is 10.2. The van der Waals surface area contributed by atoms with Crippen molar-refractivity contribution in [2.24, 2.45) is 0 Å². The smallest absolute Gasteiger partial charge is 0.257 e. The fourth-order valence-electron chi connectivity index (χ4n) is 3.48. The number of hydrogen-bond acceptors (Lipinski definition) is 2. The van der Waals surface area contributed by atoms with Gasteiger partial charge in [-0.1, -0.05) is 6.07 Å². The van der Waals surface area contributed by atoms with Crippen molar-refractivity contribution in [3.8, 4) is 0 Å². The quantitative estimate of drug-likeness (QED) is 0.560. The van der Waals surface area contributed by atoms with Crippen LogP contribution in [-0.4, -0.2) is 20.4 Å². The molecular formula is C22H22N4O. The van der Waals surface area contributed by atoms with Gasteiger partial charge in [0.1, 0.15) is 0 Å². The van der Waals surface area contributed by atoms with E-state index in [1.807, 2.05) is 63.2 Å². The van der Waals surface area contributed by atoms with E-state index in [0.29, 0.717) is 12.1 Å². The number of aromatic nitrogens is 3. The predicted molar refractivity (Wildman–Crippen MR) is 108 cm³/mol. The molecule has 0 atom stereocenters. The first-order valence-corrected chi connectivity index (χ1v) is 8.98. The van der Waals surface area contributed by atoms with E-state index < -0.39 is 0 Å². The molecule has 0 saturated heterocycles. The first-order chi connectivity index (χ1) is 13.0. The number of anilines is 1. The van der Waals surface area contributed by atoms with E-state index in [-0.39, 0.29) is 5.91 Å². The third-order valence-corrected chi connectivity index (χ3v) is 4.88. The lowest BCUT2D eigenvalue weighted by Gasteiger charge is -2.10. The van der Waals surface area contributed by atoms with Crippen LogP contribution in [0.25, 0.3) is 10.9 Å². The van der Waals surface area contributed by atoms with Crippen LogP contribution in [0.5, 0.6) is 0 Å². The Morgan fingerprint density at radius 2 is 1.96 bits per heavy atom. The lowest BCUT2D eigenvalue weighted by molar-refractivity contribution is 0.102. The first-order valence-electron chi connectivity index (χ1n) is 8.98. The fraction of sp³-hybridized carbons (Fsp3) is 0.182. The number of carbonyl (C=O) groups excluding carboxylic acids is 1. The van der Waals surface area contributed by atoms with Gasteiger partial charge in [-0.3, -0.25) is 9.78 Å². The Morgan fingerprint density at radius 1 is 1.11 bits per heavy atom. The molecule has 5 nitrogen and oxygen atoms in total. The SMILES string of the molecule is Cc1cc2cc(NC(=O)c3cc(C)n(Cc4ccccn4)c3C)ccc2[nH]1. The summed E-state index contributed by atoms with van der Waals surface area (Å²) in [5, 5.41) is 4.11. The van der Waals surface area contributed by atoms with Crippen LogP contribution >= 0.6 is 0 Å². The molecule has 1 amide bonds. The predicted octanol–water partition coefficient (Wildman–Crippen LogP) is 4.59. The molecule has 27 heavy (non-hydrogen) atoms. The van der Waals surface area contributed by atoms with Crippen molar-refractivity contribution in [1.29, 1.82) is 0 Å². The highest BCUT2D eigenvalue weighted by atomic mass is 16.1. The minimum Gasteiger partial charge on any atom is -0.359 e. The fourth-order valence-corrected chi connectivity index (χ4v) is 3.48. The Kier molecular flexibility index (Phi) is 4.28. The molecule has 0 saturated carbocycles. The summed E-state index contributed by atoms with van der Waals surface area (Å²) in [7, 11) is 0. The van der Waals surface area contributed by atoms with Crippen LogP contribution in [0.15, 0.2) is 54.7 Å². The van der Waals surface area contributed by atoms with E-state index >= 15 is 0 Å². The first kappa shape index (κ1) is 17.1. The molecule has 5 heteroatoms. The number of aromatic amines is 1. The monoisotopic (exact) mass is 358 g/mol.